The first-order valence-corrected chi connectivity index (χ1v) is 7.61. The van der Waals surface area contributed by atoms with E-state index in [2.05, 4.69) is 4.72 Å². The molecule has 0 radical (unpaired) electrons. The minimum absolute atomic E-state index is 0.157. The Morgan fingerprint density at radius 3 is 2.74 bits per heavy atom. The van der Waals surface area contributed by atoms with E-state index in [0.717, 1.165) is 31.4 Å². The lowest BCUT2D eigenvalue weighted by Crippen LogP contribution is -2.28. The van der Waals surface area contributed by atoms with Gasteiger partial charge >= 0.3 is 0 Å². The maximum Gasteiger partial charge on any atom is 0.243 e. The van der Waals surface area contributed by atoms with Gasteiger partial charge in [0.1, 0.15) is 16.4 Å². The monoisotopic (exact) mass is 290 g/mol. The van der Waals surface area contributed by atoms with Crippen LogP contribution in [0.5, 0.6) is 0 Å². The Morgan fingerprint density at radius 1 is 1.42 bits per heavy atom. The molecule has 0 amide bonds. The normalized spacial score (nSPS) is 22.5. The third-order valence-electron chi connectivity index (χ3n) is 3.27. The molecule has 0 heterocycles. The van der Waals surface area contributed by atoms with E-state index in [1.807, 2.05) is 6.92 Å². The Morgan fingerprint density at radius 2 is 2.11 bits per heavy atom. The average molecular weight is 290 g/mol. The van der Waals surface area contributed by atoms with Crippen molar-refractivity contribution < 1.29 is 17.2 Å². The standard InChI is InChI=1S/C12H16F2N2O2S/c1-2-3-7-6-9(7)16-19(17,18)10-5-4-8(13)12(15)11(10)14/h4-5,7,9,16H,2-3,6,15H2,1H3. The topological polar surface area (TPSA) is 72.2 Å². The number of hydrogen-bond acceptors (Lipinski definition) is 3. The maximum atomic E-state index is 13.7. The predicted octanol–water partition coefficient (Wildman–Crippen LogP) is 2.01. The highest BCUT2D eigenvalue weighted by Gasteiger charge is 2.40. The summed E-state index contributed by atoms with van der Waals surface area (Å²) >= 11 is 0. The van der Waals surface area contributed by atoms with Gasteiger partial charge in [0, 0.05) is 6.04 Å². The summed E-state index contributed by atoms with van der Waals surface area (Å²) in [6.45, 7) is 2.02. The minimum Gasteiger partial charge on any atom is -0.394 e. The summed E-state index contributed by atoms with van der Waals surface area (Å²) in [5.41, 5.74) is 4.38. The molecule has 4 nitrogen and oxygen atoms in total. The molecule has 7 heteroatoms. The SMILES string of the molecule is CCCC1CC1NS(=O)(=O)c1ccc(F)c(N)c1F. The Bertz CT molecular complexity index is 590. The van der Waals surface area contributed by atoms with Gasteiger partial charge in [0.05, 0.1) is 0 Å². The molecule has 2 atom stereocenters. The summed E-state index contributed by atoms with van der Waals surface area (Å²) in [4.78, 5) is -0.603. The Kier molecular flexibility index (Phi) is 3.78. The summed E-state index contributed by atoms with van der Waals surface area (Å²) in [6.07, 6.45) is 2.66. The summed E-state index contributed by atoms with van der Waals surface area (Å²) in [7, 11) is -3.99. The molecule has 0 spiro atoms. The summed E-state index contributed by atoms with van der Waals surface area (Å²) < 4.78 is 53.1. The van der Waals surface area contributed by atoms with Gasteiger partial charge in [-0.3, -0.25) is 0 Å². The lowest BCUT2D eigenvalue weighted by Gasteiger charge is -2.09. The molecule has 106 valence electrons. The highest BCUT2D eigenvalue weighted by molar-refractivity contribution is 7.89. The van der Waals surface area contributed by atoms with Crippen molar-refractivity contribution in [3.8, 4) is 0 Å². The number of nitrogen functional groups attached to an aromatic ring is 1. The third-order valence-corrected chi connectivity index (χ3v) is 4.78. The zero-order chi connectivity index (χ0) is 14.2. The average Bonchev–Trinajstić information content (AvgIpc) is 3.03. The number of nitrogens with one attached hydrogen (secondary N) is 1. The van der Waals surface area contributed by atoms with Crippen LogP contribution in [0.1, 0.15) is 26.2 Å². The molecule has 0 bridgehead atoms. The molecular weight excluding hydrogens is 274 g/mol. The van der Waals surface area contributed by atoms with Crippen molar-refractivity contribution in [1.29, 1.82) is 0 Å². The lowest BCUT2D eigenvalue weighted by molar-refractivity contribution is 0.544. The third kappa shape index (κ3) is 2.87. The van der Waals surface area contributed by atoms with Gasteiger partial charge in [-0.15, -0.1) is 0 Å². The van der Waals surface area contributed by atoms with E-state index in [1.165, 1.54) is 0 Å². The molecule has 2 rings (SSSR count). The fourth-order valence-electron chi connectivity index (χ4n) is 2.10. The van der Waals surface area contributed by atoms with Gasteiger partial charge < -0.3 is 5.73 Å². The Labute approximate surface area is 111 Å². The van der Waals surface area contributed by atoms with Crippen molar-refractivity contribution in [2.45, 2.75) is 37.1 Å². The number of rotatable bonds is 5. The molecule has 0 saturated heterocycles. The van der Waals surface area contributed by atoms with Crippen LogP contribution in [0.25, 0.3) is 0 Å². The zero-order valence-electron chi connectivity index (χ0n) is 10.5. The van der Waals surface area contributed by atoms with Gasteiger partial charge in [-0.25, -0.2) is 21.9 Å². The van der Waals surface area contributed by atoms with Crippen LogP contribution >= 0.6 is 0 Å². The molecule has 2 unspecified atom stereocenters. The van der Waals surface area contributed by atoms with Crippen molar-refractivity contribution in [1.82, 2.24) is 4.72 Å². The lowest BCUT2D eigenvalue weighted by atomic mass is 10.2. The molecule has 1 aromatic carbocycles. The fraction of sp³-hybridized carbons (Fsp3) is 0.500. The first-order chi connectivity index (χ1) is 8.86. The number of sulfonamides is 1. The van der Waals surface area contributed by atoms with Crippen molar-refractivity contribution in [2.24, 2.45) is 5.92 Å². The van der Waals surface area contributed by atoms with Crippen molar-refractivity contribution in [2.75, 3.05) is 5.73 Å². The number of hydrogen-bond donors (Lipinski definition) is 2. The first kappa shape index (κ1) is 14.2. The molecule has 1 saturated carbocycles. The molecular formula is C12H16F2N2O2S. The molecule has 1 aromatic rings. The molecule has 1 aliphatic rings. The largest absolute Gasteiger partial charge is 0.394 e. The predicted molar refractivity (Wildman–Crippen MR) is 67.9 cm³/mol. The van der Waals surface area contributed by atoms with Crippen LogP contribution in [0.4, 0.5) is 14.5 Å². The van der Waals surface area contributed by atoms with Gasteiger partial charge in [0.15, 0.2) is 5.82 Å². The van der Waals surface area contributed by atoms with Gasteiger partial charge in [-0.1, -0.05) is 13.3 Å². The van der Waals surface area contributed by atoms with E-state index in [9.17, 15) is 17.2 Å². The summed E-state index contributed by atoms with van der Waals surface area (Å²) in [5, 5.41) is 0. The summed E-state index contributed by atoms with van der Waals surface area (Å²) in [6, 6.07) is 1.58. The molecule has 0 aliphatic heterocycles. The van der Waals surface area contributed by atoms with Gasteiger partial charge in [0.2, 0.25) is 10.0 Å². The van der Waals surface area contributed by atoms with Gasteiger partial charge in [0.25, 0.3) is 0 Å². The number of anilines is 1. The van der Waals surface area contributed by atoms with Crippen LogP contribution in [0.2, 0.25) is 0 Å². The Hall–Kier alpha value is -1.21. The second-order valence-corrected chi connectivity index (χ2v) is 6.47. The number of benzene rings is 1. The Balaban J connectivity index is 2.19. The maximum absolute atomic E-state index is 13.7. The van der Waals surface area contributed by atoms with Crippen LogP contribution in [0.3, 0.4) is 0 Å². The van der Waals surface area contributed by atoms with Crippen LogP contribution in [-0.2, 0) is 10.0 Å². The fourth-order valence-corrected chi connectivity index (χ4v) is 3.51. The van der Waals surface area contributed by atoms with E-state index in [1.54, 1.807) is 0 Å². The molecule has 1 aliphatic carbocycles. The van der Waals surface area contributed by atoms with Crippen molar-refractivity contribution >= 4 is 15.7 Å². The van der Waals surface area contributed by atoms with Gasteiger partial charge in [-0.2, -0.15) is 0 Å². The van der Waals surface area contributed by atoms with Crippen LogP contribution in [0.15, 0.2) is 17.0 Å². The van der Waals surface area contributed by atoms with E-state index in [-0.39, 0.29) is 6.04 Å². The quantitative estimate of drug-likeness (QED) is 0.815. The highest BCUT2D eigenvalue weighted by Crippen LogP contribution is 2.36. The van der Waals surface area contributed by atoms with E-state index >= 15 is 0 Å². The second-order valence-electron chi connectivity index (χ2n) is 4.79. The molecule has 0 aromatic heterocycles. The van der Waals surface area contributed by atoms with E-state index in [0.29, 0.717) is 5.92 Å². The smallest absolute Gasteiger partial charge is 0.243 e. The van der Waals surface area contributed by atoms with Crippen LogP contribution < -0.4 is 10.5 Å². The second kappa shape index (κ2) is 5.05. The molecule has 3 N–H and O–H groups in total. The first-order valence-electron chi connectivity index (χ1n) is 6.12. The minimum atomic E-state index is -3.99. The van der Waals surface area contributed by atoms with Gasteiger partial charge in [-0.05, 0) is 30.9 Å². The highest BCUT2D eigenvalue weighted by atomic mass is 32.2. The number of nitrogens with two attached hydrogens (primary N) is 1. The summed E-state index contributed by atoms with van der Waals surface area (Å²) in [5.74, 6) is -1.90. The zero-order valence-corrected chi connectivity index (χ0v) is 11.3. The van der Waals surface area contributed by atoms with Crippen LogP contribution in [-0.4, -0.2) is 14.5 Å². The van der Waals surface area contributed by atoms with E-state index in [4.69, 9.17) is 5.73 Å². The van der Waals surface area contributed by atoms with Crippen LogP contribution in [0, 0.1) is 17.6 Å². The van der Waals surface area contributed by atoms with Crippen molar-refractivity contribution in [3.05, 3.63) is 23.8 Å². The molecule has 1 fully saturated rings. The number of halogens is 2. The van der Waals surface area contributed by atoms with Crippen molar-refractivity contribution in [3.63, 3.8) is 0 Å². The van der Waals surface area contributed by atoms with E-state index < -0.39 is 32.2 Å². The molecule has 19 heavy (non-hydrogen) atoms.